The summed E-state index contributed by atoms with van der Waals surface area (Å²) in [6.45, 7) is 5.15. The maximum atomic E-state index is 6.92. The normalized spacial score (nSPS) is 50.5. The molecule has 5 rings (SSSR count). The highest BCUT2D eigenvalue weighted by atomic mass is 35.5. The molecular formula is C20H33Cl2N3S. The highest BCUT2D eigenvalue weighted by Gasteiger charge is 2.50. The number of hydrogen-bond acceptors (Lipinski definition) is 4. The second-order valence-electron chi connectivity index (χ2n) is 9.20. The molecule has 3 saturated heterocycles. The maximum absolute atomic E-state index is 6.92. The average Bonchev–Trinajstić information content (AvgIpc) is 3.34. The van der Waals surface area contributed by atoms with Gasteiger partial charge in [0.2, 0.25) is 0 Å². The van der Waals surface area contributed by atoms with Crippen LogP contribution in [0.2, 0.25) is 0 Å². The van der Waals surface area contributed by atoms with Gasteiger partial charge in [-0.2, -0.15) is 11.8 Å². The Labute approximate surface area is 172 Å². The first-order chi connectivity index (χ1) is 12.7. The fourth-order valence-electron chi connectivity index (χ4n) is 6.26. The van der Waals surface area contributed by atoms with Crippen molar-refractivity contribution in [1.82, 2.24) is 15.1 Å². The summed E-state index contributed by atoms with van der Waals surface area (Å²) >= 11 is 16.1. The zero-order chi connectivity index (χ0) is 17.7. The molecule has 148 valence electrons. The number of likely N-dealkylation sites (tertiary alicyclic amines) is 2. The van der Waals surface area contributed by atoms with Crippen LogP contribution in [0.25, 0.3) is 0 Å². The summed E-state index contributed by atoms with van der Waals surface area (Å²) in [5.74, 6) is 0. The van der Waals surface area contributed by atoms with Gasteiger partial charge < -0.3 is 15.1 Å². The molecule has 8 atom stereocenters. The van der Waals surface area contributed by atoms with Gasteiger partial charge in [0.1, 0.15) is 0 Å². The summed E-state index contributed by atoms with van der Waals surface area (Å²) in [7, 11) is 0. The molecule has 3 nitrogen and oxygen atoms in total. The molecule has 0 radical (unpaired) electrons. The molecule has 0 aromatic heterocycles. The smallest absolute Gasteiger partial charge is 0.0515 e. The first kappa shape index (κ1) is 18.8. The SMILES string of the molecule is ClC1CC(N2CCCC2)CC2SC3CC(N4CCCC4)CC(Cl)C3NC12. The zero-order valence-corrected chi connectivity index (χ0v) is 18.0. The highest BCUT2D eigenvalue weighted by Crippen LogP contribution is 2.46. The Morgan fingerprint density at radius 3 is 1.50 bits per heavy atom. The Bertz CT molecular complexity index is 455. The van der Waals surface area contributed by atoms with E-state index in [1.165, 1.54) is 64.7 Å². The fourth-order valence-corrected chi connectivity index (χ4v) is 9.33. The molecule has 6 heteroatoms. The van der Waals surface area contributed by atoms with Crippen molar-refractivity contribution in [2.24, 2.45) is 0 Å². The van der Waals surface area contributed by atoms with Gasteiger partial charge in [-0.1, -0.05) is 0 Å². The third-order valence-electron chi connectivity index (χ3n) is 7.63. The quantitative estimate of drug-likeness (QED) is 0.692. The van der Waals surface area contributed by atoms with Crippen LogP contribution in [0.3, 0.4) is 0 Å². The van der Waals surface area contributed by atoms with Gasteiger partial charge in [0.25, 0.3) is 0 Å². The third-order valence-corrected chi connectivity index (χ3v) is 10.2. The molecule has 2 saturated carbocycles. The minimum absolute atomic E-state index is 0.257. The fraction of sp³-hybridized carbons (Fsp3) is 1.00. The summed E-state index contributed by atoms with van der Waals surface area (Å²) in [5.41, 5.74) is 0. The van der Waals surface area contributed by atoms with Gasteiger partial charge in [0.05, 0.1) is 10.8 Å². The lowest BCUT2D eigenvalue weighted by Gasteiger charge is -2.53. The molecular weight excluding hydrogens is 385 g/mol. The molecule has 0 aromatic carbocycles. The zero-order valence-electron chi connectivity index (χ0n) is 15.7. The van der Waals surface area contributed by atoms with Gasteiger partial charge in [-0.25, -0.2) is 0 Å². The lowest BCUT2D eigenvalue weighted by atomic mass is 9.84. The van der Waals surface area contributed by atoms with Gasteiger partial charge in [-0.05, 0) is 77.5 Å². The molecule has 5 fully saturated rings. The first-order valence-electron chi connectivity index (χ1n) is 10.9. The van der Waals surface area contributed by atoms with E-state index < -0.39 is 0 Å². The molecule has 2 aliphatic carbocycles. The second-order valence-corrected chi connectivity index (χ2v) is 11.8. The molecule has 3 aliphatic heterocycles. The van der Waals surface area contributed by atoms with E-state index in [0.29, 0.717) is 34.7 Å². The number of nitrogens with zero attached hydrogens (tertiary/aromatic N) is 2. The highest BCUT2D eigenvalue weighted by molar-refractivity contribution is 8.00. The minimum Gasteiger partial charge on any atom is -0.306 e. The topological polar surface area (TPSA) is 18.5 Å². The van der Waals surface area contributed by atoms with Crippen molar-refractivity contribution in [3.63, 3.8) is 0 Å². The van der Waals surface area contributed by atoms with Crippen LogP contribution >= 0.6 is 35.0 Å². The van der Waals surface area contributed by atoms with Gasteiger partial charge in [0.15, 0.2) is 0 Å². The average molecular weight is 418 g/mol. The summed E-state index contributed by atoms with van der Waals surface area (Å²) in [5, 5.41) is 5.80. The summed E-state index contributed by atoms with van der Waals surface area (Å²) in [4.78, 5) is 5.44. The van der Waals surface area contributed by atoms with E-state index in [-0.39, 0.29) is 10.8 Å². The van der Waals surface area contributed by atoms with E-state index >= 15 is 0 Å². The molecule has 0 spiro atoms. The van der Waals surface area contributed by atoms with Crippen molar-refractivity contribution >= 4 is 35.0 Å². The van der Waals surface area contributed by atoms with E-state index in [2.05, 4.69) is 26.9 Å². The van der Waals surface area contributed by atoms with Crippen LogP contribution in [-0.2, 0) is 0 Å². The Morgan fingerprint density at radius 1 is 0.654 bits per heavy atom. The van der Waals surface area contributed by atoms with Crippen LogP contribution in [0.1, 0.15) is 51.4 Å². The van der Waals surface area contributed by atoms with Crippen molar-refractivity contribution in [3.05, 3.63) is 0 Å². The van der Waals surface area contributed by atoms with Crippen molar-refractivity contribution in [2.45, 2.75) is 96.8 Å². The van der Waals surface area contributed by atoms with E-state index in [1.807, 2.05) is 0 Å². The number of thioether (sulfide) groups is 1. The molecule has 0 amide bonds. The van der Waals surface area contributed by atoms with Crippen LogP contribution in [0, 0.1) is 0 Å². The van der Waals surface area contributed by atoms with E-state index in [4.69, 9.17) is 23.2 Å². The lowest BCUT2D eigenvalue weighted by molar-refractivity contribution is 0.148. The van der Waals surface area contributed by atoms with Crippen molar-refractivity contribution < 1.29 is 0 Å². The predicted octanol–water partition coefficient (Wildman–Crippen LogP) is 3.53. The number of alkyl halides is 2. The largest absolute Gasteiger partial charge is 0.306 e. The molecule has 1 N–H and O–H groups in total. The Balaban J connectivity index is 1.27. The summed E-state index contributed by atoms with van der Waals surface area (Å²) < 4.78 is 0. The lowest BCUT2D eigenvalue weighted by Crippen LogP contribution is -2.66. The number of halogens is 2. The van der Waals surface area contributed by atoms with Gasteiger partial charge >= 0.3 is 0 Å². The van der Waals surface area contributed by atoms with Gasteiger partial charge in [0, 0.05) is 34.7 Å². The predicted molar refractivity (Wildman–Crippen MR) is 113 cm³/mol. The van der Waals surface area contributed by atoms with Crippen LogP contribution in [0.5, 0.6) is 0 Å². The molecule has 0 aromatic rings. The van der Waals surface area contributed by atoms with Crippen LogP contribution in [-0.4, -0.2) is 81.4 Å². The van der Waals surface area contributed by atoms with E-state index in [9.17, 15) is 0 Å². The summed E-state index contributed by atoms with van der Waals surface area (Å²) in [6, 6.07) is 2.31. The molecule has 26 heavy (non-hydrogen) atoms. The second kappa shape index (κ2) is 7.91. The van der Waals surface area contributed by atoms with E-state index in [0.717, 1.165) is 12.8 Å². The molecule has 3 heterocycles. The molecule has 8 unspecified atom stereocenters. The standard InChI is InChI=1S/C20H33Cl2N3S/c21-15-9-13(24-5-1-2-6-24)11-17-19(15)23-20-16(22)10-14(12-18(20)26-17)25-7-3-4-8-25/h13-20,23H,1-12H2. The molecule has 5 aliphatic rings. The van der Waals surface area contributed by atoms with Crippen molar-refractivity contribution in [2.75, 3.05) is 26.2 Å². The Morgan fingerprint density at radius 2 is 1.08 bits per heavy atom. The maximum Gasteiger partial charge on any atom is 0.0515 e. The van der Waals surface area contributed by atoms with Crippen molar-refractivity contribution in [1.29, 1.82) is 0 Å². The van der Waals surface area contributed by atoms with Crippen LogP contribution in [0.15, 0.2) is 0 Å². The van der Waals surface area contributed by atoms with Crippen LogP contribution < -0.4 is 5.32 Å². The van der Waals surface area contributed by atoms with E-state index in [1.54, 1.807) is 0 Å². The van der Waals surface area contributed by atoms with Crippen molar-refractivity contribution in [3.8, 4) is 0 Å². The first-order valence-corrected chi connectivity index (χ1v) is 12.7. The minimum atomic E-state index is 0.257. The van der Waals surface area contributed by atoms with Gasteiger partial charge in [-0.3, -0.25) is 0 Å². The monoisotopic (exact) mass is 417 g/mol. The Hall–Kier alpha value is 0.810. The van der Waals surface area contributed by atoms with Crippen LogP contribution in [0.4, 0.5) is 0 Å². The molecule has 0 bridgehead atoms. The number of rotatable bonds is 2. The van der Waals surface area contributed by atoms with Gasteiger partial charge in [-0.15, -0.1) is 23.2 Å². The Kier molecular flexibility index (Phi) is 5.73. The number of fused-ring (bicyclic) bond motifs is 2. The number of nitrogens with one attached hydrogen (secondary N) is 1. The third kappa shape index (κ3) is 3.57. The number of hydrogen-bond donors (Lipinski definition) is 1. The summed E-state index contributed by atoms with van der Waals surface area (Å²) in [6.07, 6.45) is 10.4.